The normalized spacial score (nSPS) is 12.4. The zero-order chi connectivity index (χ0) is 13.8. The van der Waals surface area contributed by atoms with E-state index in [1.807, 2.05) is 19.3 Å². The Hall–Kier alpha value is -0.710. The summed E-state index contributed by atoms with van der Waals surface area (Å²) in [5, 5.41) is 3.34. The number of benzene rings is 1. The van der Waals surface area contributed by atoms with Gasteiger partial charge in [0.15, 0.2) is 0 Å². The van der Waals surface area contributed by atoms with E-state index in [4.69, 9.17) is 0 Å². The Morgan fingerprint density at radius 3 is 2.68 bits per heavy atom. The summed E-state index contributed by atoms with van der Waals surface area (Å²) in [5.74, 6) is 0. The third-order valence-corrected chi connectivity index (χ3v) is 4.16. The first kappa shape index (κ1) is 14.7. The zero-order valence-electron chi connectivity index (χ0n) is 11.0. The van der Waals surface area contributed by atoms with Gasteiger partial charge in [-0.3, -0.25) is 4.98 Å². The fourth-order valence-electron chi connectivity index (χ4n) is 2.09. The van der Waals surface area contributed by atoms with Crippen LogP contribution in [0.15, 0.2) is 45.5 Å². The van der Waals surface area contributed by atoms with Crippen LogP contribution in [0, 0.1) is 0 Å². The average molecular weight is 384 g/mol. The number of pyridine rings is 1. The maximum Gasteiger partial charge on any atom is 0.0761 e. The van der Waals surface area contributed by atoms with Crippen LogP contribution in [-0.2, 0) is 6.42 Å². The van der Waals surface area contributed by atoms with E-state index in [0.29, 0.717) is 0 Å². The molecule has 1 aromatic heterocycles. The molecular formula is C15H16Br2N2. The van der Waals surface area contributed by atoms with Crippen LogP contribution in [0.3, 0.4) is 0 Å². The highest BCUT2D eigenvalue weighted by Gasteiger charge is 2.16. The van der Waals surface area contributed by atoms with E-state index in [1.165, 1.54) is 11.1 Å². The van der Waals surface area contributed by atoms with Crippen molar-refractivity contribution in [2.75, 3.05) is 7.05 Å². The second kappa shape index (κ2) is 6.64. The van der Waals surface area contributed by atoms with Gasteiger partial charge in [0, 0.05) is 15.1 Å². The second-order valence-electron chi connectivity index (χ2n) is 4.34. The Morgan fingerprint density at radius 1 is 1.26 bits per heavy atom. The van der Waals surface area contributed by atoms with Crippen LogP contribution in [0.5, 0.6) is 0 Å². The van der Waals surface area contributed by atoms with Crippen molar-refractivity contribution in [3.05, 3.63) is 62.3 Å². The van der Waals surface area contributed by atoms with Gasteiger partial charge < -0.3 is 5.32 Å². The molecule has 2 rings (SSSR count). The Labute approximate surface area is 130 Å². The molecule has 0 radical (unpaired) electrons. The summed E-state index contributed by atoms with van der Waals surface area (Å²) in [6.07, 6.45) is 2.87. The van der Waals surface area contributed by atoms with Crippen molar-refractivity contribution < 1.29 is 0 Å². The summed E-state index contributed by atoms with van der Waals surface area (Å²) in [6.45, 7) is 2.17. The molecule has 0 saturated heterocycles. The van der Waals surface area contributed by atoms with Gasteiger partial charge in [0.1, 0.15) is 0 Å². The molecule has 0 amide bonds. The maximum atomic E-state index is 4.52. The number of halogens is 2. The SMILES string of the molecule is CCc1cccc(C(NC)c2ncc(Br)cc2Br)c1. The number of nitrogens with one attached hydrogen (secondary N) is 1. The molecule has 0 bridgehead atoms. The monoisotopic (exact) mass is 382 g/mol. The Morgan fingerprint density at radius 2 is 2.05 bits per heavy atom. The Kier molecular flexibility index (Phi) is 5.13. The van der Waals surface area contributed by atoms with E-state index < -0.39 is 0 Å². The molecule has 0 fully saturated rings. The number of aromatic nitrogens is 1. The van der Waals surface area contributed by atoms with E-state index in [-0.39, 0.29) is 6.04 Å². The molecule has 0 saturated carbocycles. The summed E-state index contributed by atoms with van der Waals surface area (Å²) >= 11 is 7.02. The van der Waals surface area contributed by atoms with Gasteiger partial charge in [-0.25, -0.2) is 0 Å². The Bertz CT molecular complexity index is 570. The summed E-state index contributed by atoms with van der Waals surface area (Å²) in [7, 11) is 1.96. The number of hydrogen-bond acceptors (Lipinski definition) is 2. The van der Waals surface area contributed by atoms with Gasteiger partial charge in [-0.2, -0.15) is 0 Å². The zero-order valence-corrected chi connectivity index (χ0v) is 14.1. The van der Waals surface area contributed by atoms with E-state index in [9.17, 15) is 0 Å². The van der Waals surface area contributed by atoms with E-state index in [1.54, 1.807) is 0 Å². The predicted molar refractivity (Wildman–Crippen MR) is 86.4 cm³/mol. The molecule has 1 aromatic carbocycles. The molecule has 2 nitrogen and oxygen atoms in total. The van der Waals surface area contributed by atoms with Gasteiger partial charge in [0.05, 0.1) is 11.7 Å². The lowest BCUT2D eigenvalue weighted by Gasteiger charge is -2.18. The molecule has 100 valence electrons. The minimum atomic E-state index is 0.0916. The molecule has 19 heavy (non-hydrogen) atoms. The first-order valence-electron chi connectivity index (χ1n) is 6.22. The van der Waals surface area contributed by atoms with Crippen molar-refractivity contribution >= 4 is 31.9 Å². The summed E-state index contributed by atoms with van der Waals surface area (Å²) in [6, 6.07) is 10.7. The lowest BCUT2D eigenvalue weighted by molar-refractivity contribution is 0.666. The molecule has 1 N–H and O–H groups in total. The fraction of sp³-hybridized carbons (Fsp3) is 0.267. The summed E-state index contributed by atoms with van der Waals surface area (Å²) in [5.41, 5.74) is 3.57. The lowest BCUT2D eigenvalue weighted by atomic mass is 10.00. The van der Waals surface area contributed by atoms with Crippen LogP contribution < -0.4 is 5.32 Å². The molecule has 2 aromatic rings. The third kappa shape index (κ3) is 3.44. The highest BCUT2D eigenvalue weighted by Crippen LogP contribution is 2.29. The third-order valence-electron chi connectivity index (χ3n) is 3.09. The molecule has 0 aliphatic rings. The van der Waals surface area contributed by atoms with Crippen molar-refractivity contribution in [1.82, 2.24) is 10.3 Å². The van der Waals surface area contributed by atoms with E-state index >= 15 is 0 Å². The molecule has 1 unspecified atom stereocenters. The molecule has 4 heteroatoms. The minimum Gasteiger partial charge on any atom is -0.308 e. The van der Waals surface area contributed by atoms with Gasteiger partial charge in [0.25, 0.3) is 0 Å². The van der Waals surface area contributed by atoms with Gasteiger partial charge >= 0.3 is 0 Å². The first-order valence-corrected chi connectivity index (χ1v) is 7.81. The minimum absolute atomic E-state index is 0.0916. The van der Waals surface area contributed by atoms with Crippen LogP contribution in [0.25, 0.3) is 0 Å². The van der Waals surface area contributed by atoms with Crippen molar-refractivity contribution in [1.29, 1.82) is 0 Å². The fourth-order valence-corrected chi connectivity index (χ4v) is 3.31. The van der Waals surface area contributed by atoms with E-state index in [2.05, 4.69) is 73.3 Å². The number of nitrogens with zero attached hydrogens (tertiary/aromatic N) is 1. The molecule has 0 aliphatic heterocycles. The van der Waals surface area contributed by atoms with Crippen LogP contribution in [0.1, 0.15) is 29.8 Å². The highest BCUT2D eigenvalue weighted by molar-refractivity contribution is 9.11. The van der Waals surface area contributed by atoms with Gasteiger partial charge in [-0.15, -0.1) is 0 Å². The van der Waals surface area contributed by atoms with Crippen molar-refractivity contribution in [3.8, 4) is 0 Å². The van der Waals surface area contributed by atoms with Crippen molar-refractivity contribution in [2.24, 2.45) is 0 Å². The van der Waals surface area contributed by atoms with E-state index in [0.717, 1.165) is 21.1 Å². The predicted octanol–water partition coefficient (Wildman–Crippen LogP) is 4.48. The maximum absolute atomic E-state index is 4.52. The van der Waals surface area contributed by atoms with Crippen LogP contribution in [0.2, 0.25) is 0 Å². The van der Waals surface area contributed by atoms with Crippen LogP contribution in [0.4, 0.5) is 0 Å². The molecular weight excluding hydrogens is 368 g/mol. The first-order chi connectivity index (χ1) is 9.15. The number of rotatable bonds is 4. The quantitative estimate of drug-likeness (QED) is 0.841. The highest BCUT2D eigenvalue weighted by atomic mass is 79.9. The summed E-state index contributed by atoms with van der Waals surface area (Å²) in [4.78, 5) is 4.52. The summed E-state index contributed by atoms with van der Waals surface area (Å²) < 4.78 is 1.98. The smallest absolute Gasteiger partial charge is 0.0761 e. The van der Waals surface area contributed by atoms with Gasteiger partial charge in [-0.1, -0.05) is 31.2 Å². The number of hydrogen-bond donors (Lipinski definition) is 1. The lowest BCUT2D eigenvalue weighted by Crippen LogP contribution is -2.19. The molecule has 0 aliphatic carbocycles. The topological polar surface area (TPSA) is 24.9 Å². The van der Waals surface area contributed by atoms with Crippen molar-refractivity contribution in [3.63, 3.8) is 0 Å². The van der Waals surface area contributed by atoms with Crippen LogP contribution >= 0.6 is 31.9 Å². The standard InChI is InChI=1S/C15H16Br2N2/c1-3-10-5-4-6-11(7-10)14(18-2)15-13(17)8-12(16)9-19-15/h4-9,14,18H,3H2,1-2H3. The van der Waals surface area contributed by atoms with Crippen LogP contribution in [-0.4, -0.2) is 12.0 Å². The molecule has 1 heterocycles. The van der Waals surface area contributed by atoms with Gasteiger partial charge in [0.2, 0.25) is 0 Å². The molecule has 0 spiro atoms. The van der Waals surface area contributed by atoms with Crippen molar-refractivity contribution in [2.45, 2.75) is 19.4 Å². The average Bonchev–Trinajstić information content (AvgIpc) is 2.42. The van der Waals surface area contributed by atoms with Gasteiger partial charge in [-0.05, 0) is 62.5 Å². The second-order valence-corrected chi connectivity index (χ2v) is 6.11. The Balaban J connectivity index is 2.43. The number of aryl methyl sites for hydroxylation is 1. The molecule has 1 atom stereocenters. The largest absolute Gasteiger partial charge is 0.308 e.